The number of hydrogen-bond donors (Lipinski definition) is 1. The lowest BCUT2D eigenvalue weighted by Crippen LogP contribution is -3.13. The highest BCUT2D eigenvalue weighted by atomic mass is 16.5. The van der Waals surface area contributed by atoms with Crippen LogP contribution in [0.1, 0.15) is 24.8 Å². The Hall–Kier alpha value is -2.20. The number of piperidine rings is 1. The van der Waals surface area contributed by atoms with Crippen LogP contribution in [0, 0.1) is 5.92 Å². The first-order valence-corrected chi connectivity index (χ1v) is 10.0. The Labute approximate surface area is 163 Å². The summed E-state index contributed by atoms with van der Waals surface area (Å²) in [6, 6.07) is 16.6. The Balaban J connectivity index is 1.37. The van der Waals surface area contributed by atoms with Gasteiger partial charge in [0.25, 0.3) is 0 Å². The Morgan fingerprint density at radius 2 is 1.56 bits per heavy atom. The largest absolute Gasteiger partial charge is 0.493 e. The summed E-state index contributed by atoms with van der Waals surface area (Å²) < 4.78 is 16.7. The van der Waals surface area contributed by atoms with Gasteiger partial charge in [0.15, 0.2) is 11.5 Å². The topological polar surface area (TPSA) is 32.1 Å². The summed E-state index contributed by atoms with van der Waals surface area (Å²) in [7, 11) is 3.32. The van der Waals surface area contributed by atoms with Crippen molar-refractivity contribution in [3.05, 3.63) is 54.1 Å². The van der Waals surface area contributed by atoms with Crippen LogP contribution in [-0.4, -0.2) is 40.5 Å². The molecule has 0 radical (unpaired) electrons. The Kier molecular flexibility index (Phi) is 7.40. The van der Waals surface area contributed by atoms with Crippen LogP contribution in [0.3, 0.4) is 0 Å². The van der Waals surface area contributed by atoms with E-state index in [0.717, 1.165) is 30.4 Å². The van der Waals surface area contributed by atoms with Gasteiger partial charge in [-0.3, -0.25) is 0 Å². The van der Waals surface area contributed by atoms with E-state index in [-0.39, 0.29) is 0 Å². The lowest BCUT2D eigenvalue weighted by atomic mass is 9.90. The molecule has 1 aliphatic heterocycles. The van der Waals surface area contributed by atoms with E-state index in [9.17, 15) is 0 Å². The van der Waals surface area contributed by atoms with E-state index in [0.29, 0.717) is 12.4 Å². The fourth-order valence-corrected chi connectivity index (χ4v) is 3.94. The quantitative estimate of drug-likeness (QED) is 0.689. The summed E-state index contributed by atoms with van der Waals surface area (Å²) >= 11 is 0. The van der Waals surface area contributed by atoms with E-state index in [1.165, 1.54) is 37.9 Å². The van der Waals surface area contributed by atoms with Crippen molar-refractivity contribution in [1.82, 2.24) is 0 Å². The lowest BCUT2D eigenvalue weighted by molar-refractivity contribution is -0.906. The fraction of sp³-hybridized carbons (Fsp3) is 0.478. The molecule has 0 aromatic heterocycles. The summed E-state index contributed by atoms with van der Waals surface area (Å²) in [4.78, 5) is 1.70. The van der Waals surface area contributed by atoms with Gasteiger partial charge in [-0.25, -0.2) is 0 Å². The van der Waals surface area contributed by atoms with Crippen LogP contribution in [0.5, 0.6) is 17.2 Å². The minimum atomic E-state index is 0.688. The number of hydrogen-bond acceptors (Lipinski definition) is 3. The molecule has 1 fully saturated rings. The smallest absolute Gasteiger partial charge is 0.203 e. The highest BCUT2D eigenvalue weighted by molar-refractivity contribution is 5.51. The summed E-state index contributed by atoms with van der Waals surface area (Å²) in [6.07, 6.45) is 4.92. The summed E-state index contributed by atoms with van der Waals surface area (Å²) in [5, 5.41) is 0. The molecule has 1 saturated heterocycles. The fourth-order valence-electron chi connectivity index (χ4n) is 3.94. The first kappa shape index (κ1) is 19.6. The predicted octanol–water partition coefficient (Wildman–Crippen LogP) is 3.01. The molecule has 2 aromatic carbocycles. The van der Waals surface area contributed by atoms with Crippen LogP contribution < -0.4 is 19.1 Å². The summed E-state index contributed by atoms with van der Waals surface area (Å²) in [6.45, 7) is 4.40. The van der Waals surface area contributed by atoms with Gasteiger partial charge >= 0.3 is 0 Å². The van der Waals surface area contributed by atoms with Crippen molar-refractivity contribution < 1.29 is 19.1 Å². The van der Waals surface area contributed by atoms with Gasteiger partial charge < -0.3 is 19.1 Å². The molecule has 0 aliphatic carbocycles. The van der Waals surface area contributed by atoms with E-state index < -0.39 is 0 Å². The maximum atomic E-state index is 5.98. The number of benzene rings is 2. The van der Waals surface area contributed by atoms with Crippen molar-refractivity contribution in [2.45, 2.75) is 25.7 Å². The first-order chi connectivity index (χ1) is 13.3. The van der Waals surface area contributed by atoms with Crippen LogP contribution in [0.4, 0.5) is 0 Å². The van der Waals surface area contributed by atoms with E-state index in [1.807, 2.05) is 18.2 Å². The number of ether oxygens (including phenoxy) is 3. The van der Waals surface area contributed by atoms with Gasteiger partial charge in [-0.05, 0) is 42.9 Å². The molecule has 0 unspecified atom stereocenters. The average Bonchev–Trinajstić information content (AvgIpc) is 2.73. The summed E-state index contributed by atoms with van der Waals surface area (Å²) in [5.74, 6) is 3.00. The van der Waals surface area contributed by atoms with E-state index >= 15 is 0 Å². The standard InChI is InChI=1S/C23H31NO3/c1-25-21-10-6-11-22(26-2)23(21)27-17-7-14-24-15-12-20(13-16-24)18-19-8-4-3-5-9-19/h3-6,8-11,20H,7,12-18H2,1-2H3/p+1. The zero-order valence-corrected chi connectivity index (χ0v) is 16.6. The highest BCUT2D eigenvalue weighted by Crippen LogP contribution is 2.36. The van der Waals surface area contributed by atoms with Crippen molar-refractivity contribution in [1.29, 1.82) is 0 Å². The molecule has 0 spiro atoms. The van der Waals surface area contributed by atoms with Gasteiger partial charge in [-0.15, -0.1) is 0 Å². The minimum absolute atomic E-state index is 0.688. The average molecular weight is 371 g/mol. The van der Waals surface area contributed by atoms with Crippen molar-refractivity contribution in [2.24, 2.45) is 5.92 Å². The normalized spacial score (nSPS) is 19.5. The number of likely N-dealkylation sites (tertiary alicyclic amines) is 1. The van der Waals surface area contributed by atoms with Gasteiger partial charge in [0.1, 0.15) is 0 Å². The molecule has 146 valence electrons. The van der Waals surface area contributed by atoms with Crippen molar-refractivity contribution >= 4 is 0 Å². The number of nitrogens with one attached hydrogen (secondary N) is 1. The zero-order valence-electron chi connectivity index (χ0n) is 16.6. The third kappa shape index (κ3) is 5.64. The van der Waals surface area contributed by atoms with Crippen molar-refractivity contribution in [2.75, 3.05) is 40.5 Å². The molecule has 1 heterocycles. The molecule has 3 rings (SSSR count). The molecule has 0 atom stereocenters. The predicted molar refractivity (Wildman–Crippen MR) is 108 cm³/mol. The highest BCUT2D eigenvalue weighted by Gasteiger charge is 2.22. The minimum Gasteiger partial charge on any atom is -0.493 e. The van der Waals surface area contributed by atoms with Gasteiger partial charge in [-0.2, -0.15) is 0 Å². The van der Waals surface area contributed by atoms with Gasteiger partial charge in [0, 0.05) is 6.42 Å². The number of quaternary nitrogens is 1. The molecule has 0 amide bonds. The molecule has 1 N–H and O–H groups in total. The number of rotatable bonds is 9. The summed E-state index contributed by atoms with van der Waals surface area (Å²) in [5.41, 5.74) is 1.48. The maximum absolute atomic E-state index is 5.98. The number of methoxy groups -OCH3 is 2. The second-order valence-corrected chi connectivity index (χ2v) is 7.33. The van der Waals surface area contributed by atoms with Crippen LogP contribution in [-0.2, 0) is 6.42 Å². The molecule has 2 aromatic rings. The molecular weight excluding hydrogens is 338 g/mol. The molecular formula is C23H32NO3+. The molecule has 27 heavy (non-hydrogen) atoms. The third-order valence-corrected chi connectivity index (χ3v) is 5.48. The molecule has 0 saturated carbocycles. The second-order valence-electron chi connectivity index (χ2n) is 7.33. The molecule has 0 bridgehead atoms. The van der Waals surface area contributed by atoms with E-state index in [1.54, 1.807) is 19.1 Å². The Morgan fingerprint density at radius 1 is 0.889 bits per heavy atom. The Morgan fingerprint density at radius 3 is 2.19 bits per heavy atom. The van der Waals surface area contributed by atoms with E-state index in [4.69, 9.17) is 14.2 Å². The van der Waals surface area contributed by atoms with Crippen LogP contribution in [0.25, 0.3) is 0 Å². The van der Waals surface area contributed by atoms with Crippen LogP contribution >= 0.6 is 0 Å². The van der Waals surface area contributed by atoms with Crippen LogP contribution in [0.2, 0.25) is 0 Å². The molecule has 4 heteroatoms. The third-order valence-electron chi connectivity index (χ3n) is 5.48. The van der Waals surface area contributed by atoms with Gasteiger partial charge in [0.2, 0.25) is 5.75 Å². The van der Waals surface area contributed by atoms with E-state index in [2.05, 4.69) is 30.3 Å². The second kappa shape index (κ2) is 10.2. The molecule has 4 nitrogen and oxygen atoms in total. The molecule has 1 aliphatic rings. The van der Waals surface area contributed by atoms with Crippen LogP contribution in [0.15, 0.2) is 48.5 Å². The van der Waals surface area contributed by atoms with Gasteiger partial charge in [-0.1, -0.05) is 36.4 Å². The maximum Gasteiger partial charge on any atom is 0.203 e. The Bertz CT molecular complexity index is 659. The SMILES string of the molecule is COc1cccc(OC)c1OCCC[NH+]1CCC(Cc2ccccc2)CC1. The van der Waals surface area contributed by atoms with Crippen molar-refractivity contribution in [3.8, 4) is 17.2 Å². The monoisotopic (exact) mass is 370 g/mol. The van der Waals surface area contributed by atoms with Gasteiger partial charge in [0.05, 0.1) is 40.5 Å². The van der Waals surface area contributed by atoms with Crippen molar-refractivity contribution in [3.63, 3.8) is 0 Å². The zero-order chi connectivity index (χ0) is 18.9. The first-order valence-electron chi connectivity index (χ1n) is 10.0. The number of para-hydroxylation sites is 1. The lowest BCUT2D eigenvalue weighted by Gasteiger charge is -2.29.